The lowest BCUT2D eigenvalue weighted by Crippen LogP contribution is -2.57. The summed E-state index contributed by atoms with van der Waals surface area (Å²) in [6, 6.07) is 5.16. The van der Waals surface area contributed by atoms with Crippen molar-refractivity contribution in [2.45, 2.75) is 156 Å². The van der Waals surface area contributed by atoms with Gasteiger partial charge >= 0.3 is 5.97 Å². The Labute approximate surface area is 354 Å². The molecule has 1 amide bonds. The fraction of sp³-hybridized carbons (Fsp3) is 0.711. The number of pyridine rings is 1. The molecule has 2 N–H and O–H groups in total. The molecule has 2 aliphatic heterocycles. The summed E-state index contributed by atoms with van der Waals surface area (Å²) >= 11 is 0. The first-order chi connectivity index (χ1) is 28.3. The molecule has 0 radical (unpaired) electrons. The second-order valence-electron chi connectivity index (χ2n) is 18.2. The third kappa shape index (κ3) is 10.8. The number of cyclic esters (lactones) is 1. The minimum Gasteiger partial charge on any atom is -0.459 e. The first-order valence-corrected chi connectivity index (χ1v) is 21.5. The summed E-state index contributed by atoms with van der Waals surface area (Å²) in [6.45, 7) is 16.3. The number of ketones is 1. The predicted molar refractivity (Wildman–Crippen MR) is 225 cm³/mol. The van der Waals surface area contributed by atoms with Gasteiger partial charge in [0.15, 0.2) is 17.8 Å². The number of hydrogen-bond acceptors (Lipinski definition) is 14. The van der Waals surface area contributed by atoms with Gasteiger partial charge in [0.05, 0.1) is 24.1 Å². The fourth-order valence-corrected chi connectivity index (χ4v) is 9.87. The van der Waals surface area contributed by atoms with Crippen LogP contribution in [-0.4, -0.2) is 111 Å². The van der Waals surface area contributed by atoms with Crippen molar-refractivity contribution in [1.29, 1.82) is 0 Å². The van der Waals surface area contributed by atoms with Crippen molar-refractivity contribution in [1.82, 2.24) is 15.0 Å². The summed E-state index contributed by atoms with van der Waals surface area (Å²) in [5, 5.41) is 32.7. The Kier molecular flexibility index (Phi) is 15.6. The number of rotatable bonds is 8. The zero-order chi connectivity index (χ0) is 44.1. The van der Waals surface area contributed by atoms with Crippen LogP contribution < -0.4 is 0 Å². The van der Waals surface area contributed by atoms with Crippen LogP contribution in [0.5, 0.6) is 0 Å². The number of aromatic nitrogens is 2. The molecule has 0 unspecified atom stereocenters. The topological polar surface area (TPSA) is 195 Å². The molecule has 2 bridgehead atoms. The Morgan fingerprint density at radius 3 is 2.42 bits per heavy atom. The van der Waals surface area contributed by atoms with Crippen LogP contribution in [0.2, 0.25) is 0 Å². The van der Waals surface area contributed by atoms with E-state index in [1.165, 1.54) is 13.8 Å². The Hall–Kier alpha value is -3.89. The average molecular weight is 838 g/mol. The van der Waals surface area contributed by atoms with E-state index in [1.54, 1.807) is 32.3 Å². The summed E-state index contributed by atoms with van der Waals surface area (Å²) in [4.78, 5) is 58.5. The van der Waals surface area contributed by atoms with E-state index in [4.69, 9.17) is 28.7 Å². The number of likely N-dealkylation sites (N-methyl/N-ethyl adjacent to an activating group) is 1. The van der Waals surface area contributed by atoms with E-state index in [1.807, 2.05) is 65.7 Å². The normalized spacial score (nSPS) is 37.6. The van der Waals surface area contributed by atoms with Gasteiger partial charge in [-0.2, -0.15) is 0 Å². The molecule has 2 aromatic rings. The van der Waals surface area contributed by atoms with Crippen LogP contribution in [0.1, 0.15) is 113 Å². The molecule has 0 aromatic carbocycles. The van der Waals surface area contributed by atoms with E-state index in [0.717, 1.165) is 11.3 Å². The highest BCUT2D eigenvalue weighted by Gasteiger charge is 2.52. The number of aliphatic imine (C=N–C) groups is 1. The van der Waals surface area contributed by atoms with Gasteiger partial charge in [0.2, 0.25) is 5.91 Å². The van der Waals surface area contributed by atoms with Gasteiger partial charge in [-0.15, -0.1) is 0 Å². The first-order valence-electron chi connectivity index (χ1n) is 21.5. The van der Waals surface area contributed by atoms with Gasteiger partial charge in [-0.05, 0) is 103 Å². The predicted octanol–water partition coefficient (Wildman–Crippen LogP) is 6.19. The second-order valence-corrected chi connectivity index (χ2v) is 18.2. The molecule has 15 nitrogen and oxygen atoms in total. The number of carbonyl (C=O) groups is 3. The molecular formula is C45H67N5O10. The number of aliphatic hydroxyl groups excluding tert-OH is 1. The quantitative estimate of drug-likeness (QED) is 0.174. The molecule has 2 saturated heterocycles. The van der Waals surface area contributed by atoms with E-state index in [9.17, 15) is 24.6 Å². The van der Waals surface area contributed by atoms with Crippen LogP contribution in [0.15, 0.2) is 45.3 Å². The summed E-state index contributed by atoms with van der Waals surface area (Å²) in [5.41, 5.74) is 0.301. The van der Waals surface area contributed by atoms with Gasteiger partial charge in [-0.3, -0.25) is 19.4 Å². The number of hydrogen-bond donors (Lipinski definition) is 2. The summed E-state index contributed by atoms with van der Waals surface area (Å²) < 4.78 is 24.6. The molecule has 5 rings (SSSR count). The van der Waals surface area contributed by atoms with Crippen molar-refractivity contribution in [2.75, 3.05) is 14.1 Å². The lowest BCUT2D eigenvalue weighted by atomic mass is 9.65. The number of ether oxygens (including phenoxy) is 3. The molecule has 1 saturated carbocycles. The Balaban J connectivity index is 1.63. The lowest BCUT2D eigenvalue weighted by molar-refractivity contribution is -0.286. The highest BCUT2D eigenvalue weighted by molar-refractivity contribution is 6.00. The lowest BCUT2D eigenvalue weighted by Gasteiger charge is -2.48. The third-order valence-corrected chi connectivity index (χ3v) is 13.3. The van der Waals surface area contributed by atoms with Crippen LogP contribution in [0.25, 0.3) is 11.5 Å². The molecule has 60 heavy (non-hydrogen) atoms. The molecule has 3 fully saturated rings. The van der Waals surface area contributed by atoms with Crippen molar-refractivity contribution in [3.05, 3.63) is 36.2 Å². The van der Waals surface area contributed by atoms with Gasteiger partial charge in [0.1, 0.15) is 36.0 Å². The van der Waals surface area contributed by atoms with Crippen LogP contribution in [0, 0.1) is 35.0 Å². The minimum absolute atomic E-state index is 0.138. The summed E-state index contributed by atoms with van der Waals surface area (Å²) in [5.74, 6) is -4.34. The third-order valence-electron chi connectivity index (χ3n) is 13.3. The number of esters is 1. The number of oxime groups is 1. The van der Waals surface area contributed by atoms with E-state index < -0.39 is 71.0 Å². The average Bonchev–Trinajstić information content (AvgIpc) is 3.74. The maximum Gasteiger partial charge on any atom is 0.316 e. The van der Waals surface area contributed by atoms with Crippen LogP contribution >= 0.6 is 0 Å². The fourth-order valence-electron chi connectivity index (χ4n) is 9.87. The van der Waals surface area contributed by atoms with Crippen LogP contribution in [0.3, 0.4) is 0 Å². The highest BCUT2D eigenvalue weighted by Crippen LogP contribution is 2.46. The Morgan fingerprint density at radius 1 is 1.07 bits per heavy atom. The van der Waals surface area contributed by atoms with E-state index in [0.29, 0.717) is 55.7 Å². The molecular weight excluding hydrogens is 771 g/mol. The van der Waals surface area contributed by atoms with Crippen LogP contribution in [0.4, 0.5) is 0 Å². The standard InChI is InChI=1S/C45H67N5O10/c1-12-37-45(9,55)33-15-14-32(49-56-24-31-13-16-34(46-23-31)36-18-20-47-60-36)17-19-44(8,22-25(2)38(27(33)4)48-30(7)51)41(28(5)39(52)29(6)42(54)58-37)59-43-40(53)35(50(10)11)21-26(3)57-43/h13,16,18,20,23,25-29,33,35,37,40-41,43,53,55H,12,14-15,17,19,21-22,24H2,1-11H3/b48-38+,49-32+/t25-,26-,27-,28+,29-,33-,35+,37-,40-,41-,43+,44-,45+/m1/s1. The van der Waals surface area contributed by atoms with Crippen molar-refractivity contribution < 1.29 is 48.2 Å². The van der Waals surface area contributed by atoms with Gasteiger partial charge in [0.25, 0.3) is 0 Å². The molecule has 1 aliphatic carbocycles. The van der Waals surface area contributed by atoms with Crippen LogP contribution in [-0.2, 0) is 40.0 Å². The maximum absolute atomic E-state index is 14.6. The molecule has 15 heteroatoms. The summed E-state index contributed by atoms with van der Waals surface area (Å²) in [6.07, 6.45) is 1.95. The SMILES string of the molecule is CC[C@H]1OC(=O)[C@H](C)C(=O)[C@H](C)[C@@H](O[C@@H]2O[C@H](C)C[C@H](N(C)C)[C@H]2O)[C@]2(C)CC/C(=N/OCc3ccc(-c4ccno4)nc3)CC[C@H]([C@@H](C)/C(=N/C(C)=O)[C@H](C)C2)[C@]1(C)O. The number of carbonyl (C=O) groups excluding carboxylic acids is 3. The smallest absolute Gasteiger partial charge is 0.316 e. The number of amides is 1. The number of aliphatic hydroxyl groups is 2. The Morgan fingerprint density at radius 2 is 1.80 bits per heavy atom. The van der Waals surface area contributed by atoms with E-state index in [2.05, 4.69) is 15.1 Å². The second kappa shape index (κ2) is 19.9. The number of fused-ring (bicyclic) bond motifs is 5. The zero-order valence-electron chi connectivity index (χ0n) is 37.3. The Bertz CT molecular complexity index is 1830. The molecule has 0 spiro atoms. The van der Waals surface area contributed by atoms with Crippen molar-refractivity contribution >= 4 is 29.1 Å². The molecule has 2 aromatic heterocycles. The van der Waals surface area contributed by atoms with Gasteiger partial charge in [-0.25, -0.2) is 4.99 Å². The van der Waals surface area contributed by atoms with Crippen molar-refractivity contribution in [2.24, 2.45) is 45.2 Å². The largest absolute Gasteiger partial charge is 0.459 e. The van der Waals surface area contributed by atoms with Gasteiger partial charge in [0, 0.05) is 48.3 Å². The number of Topliss-reactive ketones (excluding diaryl/α,β-unsaturated/α-hetero) is 1. The maximum atomic E-state index is 14.6. The monoisotopic (exact) mass is 837 g/mol. The zero-order valence-corrected chi connectivity index (χ0v) is 37.3. The molecule has 13 atom stereocenters. The highest BCUT2D eigenvalue weighted by atomic mass is 16.7. The molecule has 332 valence electrons. The van der Waals surface area contributed by atoms with E-state index >= 15 is 0 Å². The molecule has 3 aliphatic rings. The minimum atomic E-state index is -1.60. The van der Waals surface area contributed by atoms with E-state index in [-0.39, 0.29) is 37.0 Å². The molecule has 4 heterocycles. The van der Waals surface area contributed by atoms with Gasteiger partial charge in [-0.1, -0.05) is 51.0 Å². The first kappa shape index (κ1) is 47.2. The van der Waals surface area contributed by atoms with Crippen molar-refractivity contribution in [3.8, 4) is 11.5 Å². The van der Waals surface area contributed by atoms with Crippen molar-refractivity contribution in [3.63, 3.8) is 0 Å². The number of nitrogens with zero attached hydrogens (tertiary/aromatic N) is 5. The summed E-state index contributed by atoms with van der Waals surface area (Å²) in [7, 11) is 3.80. The van der Waals surface area contributed by atoms with Gasteiger partial charge < -0.3 is 38.7 Å².